The molecular formula is C7H12N4O2S. The molecule has 1 aromatic heterocycles. The van der Waals surface area contributed by atoms with Crippen LogP contribution < -0.4 is 10.5 Å². The molecule has 0 bridgehead atoms. The highest BCUT2D eigenvalue weighted by atomic mass is 32.2. The van der Waals surface area contributed by atoms with E-state index in [2.05, 4.69) is 14.9 Å². The molecule has 14 heavy (non-hydrogen) atoms. The minimum Gasteiger partial charge on any atom is -0.329 e. The van der Waals surface area contributed by atoms with Gasteiger partial charge >= 0.3 is 0 Å². The van der Waals surface area contributed by atoms with E-state index in [9.17, 15) is 8.42 Å². The number of H-pyrrole nitrogens is 1. The van der Waals surface area contributed by atoms with Crippen LogP contribution in [0.15, 0.2) is 17.3 Å². The Hall–Kier alpha value is -0.920. The predicted octanol–water partition coefficient (Wildman–Crippen LogP) is -0.821. The molecule has 0 spiro atoms. The first kappa shape index (κ1) is 9.63. The van der Waals surface area contributed by atoms with E-state index in [4.69, 9.17) is 5.73 Å². The number of nitrogens with one attached hydrogen (secondary N) is 2. The van der Waals surface area contributed by atoms with E-state index < -0.39 is 15.6 Å². The van der Waals surface area contributed by atoms with Crippen LogP contribution in [0, 0.1) is 0 Å². The summed E-state index contributed by atoms with van der Waals surface area (Å²) in [5.74, 6) is 0. The maximum Gasteiger partial charge on any atom is 0.244 e. The minimum absolute atomic E-state index is 0.150. The van der Waals surface area contributed by atoms with E-state index in [1.807, 2.05) is 0 Å². The van der Waals surface area contributed by atoms with E-state index in [-0.39, 0.29) is 4.90 Å². The van der Waals surface area contributed by atoms with E-state index in [0.29, 0.717) is 6.54 Å². The Bertz CT molecular complexity index is 407. The topological polar surface area (TPSA) is 101 Å². The quantitative estimate of drug-likeness (QED) is 0.612. The van der Waals surface area contributed by atoms with Crippen molar-refractivity contribution in [3.05, 3.63) is 12.4 Å². The zero-order valence-corrected chi connectivity index (χ0v) is 8.34. The molecule has 0 atom stereocenters. The number of hydrogen-bond donors (Lipinski definition) is 3. The fourth-order valence-electron chi connectivity index (χ4n) is 1.23. The van der Waals surface area contributed by atoms with Crippen LogP contribution in [0.3, 0.4) is 0 Å². The van der Waals surface area contributed by atoms with Crippen molar-refractivity contribution in [1.82, 2.24) is 14.9 Å². The number of nitrogens with two attached hydrogens (primary N) is 1. The van der Waals surface area contributed by atoms with Gasteiger partial charge in [0.25, 0.3) is 0 Å². The minimum atomic E-state index is -3.45. The predicted molar refractivity (Wildman–Crippen MR) is 49.9 cm³/mol. The largest absolute Gasteiger partial charge is 0.329 e. The van der Waals surface area contributed by atoms with Crippen LogP contribution in [-0.2, 0) is 10.0 Å². The number of sulfonamides is 1. The van der Waals surface area contributed by atoms with Crippen molar-refractivity contribution in [2.75, 3.05) is 6.54 Å². The Kier molecular flexibility index (Phi) is 2.09. The Morgan fingerprint density at radius 3 is 2.79 bits per heavy atom. The van der Waals surface area contributed by atoms with Crippen LogP contribution in [0.5, 0.6) is 0 Å². The summed E-state index contributed by atoms with van der Waals surface area (Å²) in [7, 11) is -3.45. The van der Waals surface area contributed by atoms with Crippen molar-refractivity contribution in [2.24, 2.45) is 5.73 Å². The maximum absolute atomic E-state index is 11.7. The summed E-state index contributed by atoms with van der Waals surface area (Å²) < 4.78 is 25.9. The van der Waals surface area contributed by atoms with Crippen LogP contribution in [0.25, 0.3) is 0 Å². The highest BCUT2D eigenvalue weighted by molar-refractivity contribution is 7.89. The highest BCUT2D eigenvalue weighted by Gasteiger charge is 2.44. The standard InChI is InChI=1S/C7H12N4O2S/c8-5-7(1-2-7)11-14(12,13)6-3-9-10-4-6/h3-4,11H,1-2,5,8H2,(H,9,10). The first-order valence-corrected chi connectivity index (χ1v) is 5.79. The number of rotatable bonds is 4. The van der Waals surface area contributed by atoms with Gasteiger partial charge in [0.05, 0.1) is 6.20 Å². The third kappa shape index (κ3) is 1.66. The second-order valence-electron chi connectivity index (χ2n) is 3.52. The Balaban J connectivity index is 2.19. The average Bonchev–Trinajstić information content (AvgIpc) is 2.70. The molecule has 1 heterocycles. The van der Waals surface area contributed by atoms with E-state index >= 15 is 0 Å². The van der Waals surface area contributed by atoms with E-state index in [0.717, 1.165) is 12.8 Å². The summed E-state index contributed by atoms with van der Waals surface area (Å²) in [6, 6.07) is 0. The molecule has 4 N–H and O–H groups in total. The van der Waals surface area contributed by atoms with Crippen molar-refractivity contribution < 1.29 is 8.42 Å². The molecular weight excluding hydrogens is 204 g/mol. The SMILES string of the molecule is NCC1(NS(=O)(=O)c2cn[nH]c2)CC1. The second kappa shape index (κ2) is 3.04. The Morgan fingerprint density at radius 2 is 2.36 bits per heavy atom. The molecule has 1 aromatic rings. The molecule has 0 radical (unpaired) electrons. The Labute approximate surface area is 81.9 Å². The Morgan fingerprint density at radius 1 is 1.64 bits per heavy atom. The number of aromatic amines is 1. The molecule has 0 aromatic carbocycles. The normalized spacial score (nSPS) is 19.5. The van der Waals surface area contributed by atoms with Gasteiger partial charge in [-0.1, -0.05) is 0 Å². The summed E-state index contributed by atoms with van der Waals surface area (Å²) in [4.78, 5) is 0.150. The van der Waals surface area contributed by atoms with Gasteiger partial charge in [0, 0.05) is 18.3 Å². The lowest BCUT2D eigenvalue weighted by molar-refractivity contribution is 0.545. The van der Waals surface area contributed by atoms with Gasteiger partial charge in [0.1, 0.15) is 4.90 Å². The van der Waals surface area contributed by atoms with Crippen molar-refractivity contribution in [3.63, 3.8) is 0 Å². The summed E-state index contributed by atoms with van der Waals surface area (Å²) >= 11 is 0. The second-order valence-corrected chi connectivity index (χ2v) is 5.21. The number of hydrogen-bond acceptors (Lipinski definition) is 4. The lowest BCUT2D eigenvalue weighted by atomic mass is 10.3. The molecule has 0 amide bonds. The number of nitrogens with zero attached hydrogens (tertiary/aromatic N) is 1. The van der Waals surface area contributed by atoms with Gasteiger partial charge < -0.3 is 5.73 Å². The highest BCUT2D eigenvalue weighted by Crippen LogP contribution is 2.35. The van der Waals surface area contributed by atoms with E-state index in [1.165, 1.54) is 12.4 Å². The first-order valence-electron chi connectivity index (χ1n) is 4.31. The molecule has 0 aliphatic heterocycles. The summed E-state index contributed by atoms with van der Waals surface area (Å²) in [5, 5.41) is 6.05. The van der Waals surface area contributed by atoms with Crippen molar-refractivity contribution in [2.45, 2.75) is 23.3 Å². The van der Waals surface area contributed by atoms with Crippen molar-refractivity contribution in [1.29, 1.82) is 0 Å². The summed E-state index contributed by atoms with van der Waals surface area (Å²) in [5.41, 5.74) is 5.07. The molecule has 0 unspecified atom stereocenters. The monoisotopic (exact) mass is 216 g/mol. The van der Waals surface area contributed by atoms with Gasteiger partial charge in [0.2, 0.25) is 10.0 Å². The van der Waals surface area contributed by atoms with Crippen LogP contribution in [0.1, 0.15) is 12.8 Å². The molecule has 0 saturated heterocycles. The van der Waals surface area contributed by atoms with Crippen molar-refractivity contribution >= 4 is 10.0 Å². The fourth-order valence-corrected chi connectivity index (χ4v) is 2.60. The smallest absolute Gasteiger partial charge is 0.244 e. The molecule has 1 fully saturated rings. The fraction of sp³-hybridized carbons (Fsp3) is 0.571. The third-order valence-electron chi connectivity index (χ3n) is 2.38. The zero-order valence-electron chi connectivity index (χ0n) is 7.53. The van der Waals surface area contributed by atoms with Gasteiger partial charge in [-0.05, 0) is 12.8 Å². The average molecular weight is 216 g/mol. The summed E-state index contributed by atoms with van der Waals surface area (Å²) in [6.45, 7) is 0.337. The van der Waals surface area contributed by atoms with Crippen LogP contribution >= 0.6 is 0 Å². The molecule has 1 aliphatic carbocycles. The molecule has 1 saturated carbocycles. The zero-order chi connectivity index (χ0) is 10.2. The maximum atomic E-state index is 11.7. The molecule has 1 aliphatic rings. The third-order valence-corrected chi connectivity index (χ3v) is 3.92. The summed E-state index contributed by atoms with van der Waals surface area (Å²) in [6.07, 6.45) is 4.23. The molecule has 6 nitrogen and oxygen atoms in total. The van der Waals surface area contributed by atoms with E-state index in [1.54, 1.807) is 0 Å². The van der Waals surface area contributed by atoms with Crippen LogP contribution in [0.2, 0.25) is 0 Å². The lowest BCUT2D eigenvalue weighted by Crippen LogP contribution is -2.42. The molecule has 78 valence electrons. The van der Waals surface area contributed by atoms with Gasteiger partial charge in [0.15, 0.2) is 0 Å². The van der Waals surface area contributed by atoms with Crippen LogP contribution in [0.4, 0.5) is 0 Å². The lowest BCUT2D eigenvalue weighted by Gasteiger charge is -2.13. The number of aromatic nitrogens is 2. The van der Waals surface area contributed by atoms with Gasteiger partial charge in [-0.15, -0.1) is 0 Å². The van der Waals surface area contributed by atoms with Crippen LogP contribution in [-0.4, -0.2) is 30.7 Å². The first-order chi connectivity index (χ1) is 6.58. The van der Waals surface area contributed by atoms with Gasteiger partial charge in [-0.3, -0.25) is 5.10 Å². The molecule has 7 heteroatoms. The van der Waals surface area contributed by atoms with Crippen molar-refractivity contribution in [3.8, 4) is 0 Å². The molecule has 2 rings (SSSR count). The van der Waals surface area contributed by atoms with Gasteiger partial charge in [-0.2, -0.15) is 5.10 Å². The van der Waals surface area contributed by atoms with Gasteiger partial charge in [-0.25, -0.2) is 13.1 Å².